The van der Waals surface area contributed by atoms with Gasteiger partial charge in [0.25, 0.3) is 0 Å². The zero-order valence-electron chi connectivity index (χ0n) is 16.4. The minimum Gasteiger partial charge on any atom is -0.466 e. The smallest absolute Gasteiger partial charge is 0.338 e. The summed E-state index contributed by atoms with van der Waals surface area (Å²) >= 11 is 6.05. The highest BCUT2D eigenvalue weighted by molar-refractivity contribution is 6.30. The second-order valence-corrected chi connectivity index (χ2v) is 7.60. The number of fused-ring (bicyclic) bond motifs is 1. The molecular formula is C22H21ClN4O2. The van der Waals surface area contributed by atoms with Crippen LogP contribution in [0.1, 0.15) is 42.5 Å². The Morgan fingerprint density at radius 2 is 1.83 bits per heavy atom. The number of hydrogen-bond donors (Lipinski definition) is 1. The van der Waals surface area contributed by atoms with E-state index in [9.17, 15) is 4.79 Å². The molecule has 6 nitrogen and oxygen atoms in total. The van der Waals surface area contributed by atoms with Crippen LogP contribution in [-0.4, -0.2) is 27.8 Å². The van der Waals surface area contributed by atoms with Crippen molar-refractivity contribution in [2.45, 2.75) is 25.8 Å². The van der Waals surface area contributed by atoms with E-state index in [1.54, 1.807) is 16.8 Å². The Hall–Kier alpha value is -3.12. The molecule has 7 heteroatoms. The summed E-state index contributed by atoms with van der Waals surface area (Å²) in [5.74, 6) is 0.543. The van der Waals surface area contributed by atoms with E-state index in [1.165, 1.54) is 19.0 Å². The molecule has 4 rings (SSSR count). The summed E-state index contributed by atoms with van der Waals surface area (Å²) in [5.41, 5.74) is 4.06. The number of halogens is 1. The predicted molar refractivity (Wildman–Crippen MR) is 113 cm³/mol. The maximum Gasteiger partial charge on any atom is 0.338 e. The monoisotopic (exact) mass is 408 g/mol. The molecule has 0 bridgehead atoms. The lowest BCUT2D eigenvalue weighted by molar-refractivity contribution is -0.136. The Bertz CT molecular complexity index is 1070. The first-order chi connectivity index (χ1) is 14.0. The molecule has 1 N–H and O–H groups in total. The van der Waals surface area contributed by atoms with E-state index in [2.05, 4.69) is 41.4 Å². The molecule has 2 heterocycles. The van der Waals surface area contributed by atoms with Gasteiger partial charge in [-0.25, -0.2) is 9.48 Å². The third-order valence-electron chi connectivity index (χ3n) is 5.05. The van der Waals surface area contributed by atoms with Gasteiger partial charge in [0.2, 0.25) is 5.95 Å². The molecule has 0 saturated heterocycles. The van der Waals surface area contributed by atoms with Gasteiger partial charge in [-0.1, -0.05) is 61.8 Å². The van der Waals surface area contributed by atoms with E-state index in [0.717, 1.165) is 11.1 Å². The van der Waals surface area contributed by atoms with Crippen LogP contribution in [0.2, 0.25) is 5.02 Å². The lowest BCUT2D eigenvalue weighted by atomic mass is 9.91. The quantitative estimate of drug-likeness (QED) is 0.636. The molecule has 0 amide bonds. The van der Waals surface area contributed by atoms with Gasteiger partial charge in [-0.3, -0.25) is 0 Å². The molecule has 0 aliphatic carbocycles. The van der Waals surface area contributed by atoms with Crippen molar-refractivity contribution in [2.75, 3.05) is 12.4 Å². The maximum absolute atomic E-state index is 12.9. The highest BCUT2D eigenvalue weighted by atomic mass is 35.5. The highest BCUT2D eigenvalue weighted by Crippen LogP contribution is 2.39. The fraction of sp³-hybridized carbons (Fsp3) is 0.227. The Balaban J connectivity index is 1.92. The molecule has 3 aromatic rings. The second-order valence-electron chi connectivity index (χ2n) is 7.16. The van der Waals surface area contributed by atoms with Gasteiger partial charge < -0.3 is 10.1 Å². The number of hydrogen-bond acceptors (Lipinski definition) is 5. The molecule has 1 aliphatic heterocycles. The third-order valence-corrected chi connectivity index (χ3v) is 5.31. The Morgan fingerprint density at radius 1 is 1.14 bits per heavy atom. The highest BCUT2D eigenvalue weighted by Gasteiger charge is 2.36. The van der Waals surface area contributed by atoms with Crippen LogP contribution in [0.15, 0.2) is 60.4 Å². The summed E-state index contributed by atoms with van der Waals surface area (Å²) in [7, 11) is 1.38. The number of methoxy groups -OCH3 is 1. The number of rotatable bonds is 4. The van der Waals surface area contributed by atoms with E-state index >= 15 is 0 Å². The number of aromatic nitrogens is 3. The summed E-state index contributed by atoms with van der Waals surface area (Å²) in [6.07, 6.45) is 1.47. The van der Waals surface area contributed by atoms with Crippen LogP contribution >= 0.6 is 11.6 Å². The summed E-state index contributed by atoms with van der Waals surface area (Å²) in [6.45, 7) is 4.29. The van der Waals surface area contributed by atoms with Crippen molar-refractivity contribution >= 4 is 29.2 Å². The van der Waals surface area contributed by atoms with E-state index in [0.29, 0.717) is 28.2 Å². The van der Waals surface area contributed by atoms with Crippen LogP contribution in [0.4, 0.5) is 5.95 Å². The number of anilines is 1. The van der Waals surface area contributed by atoms with Crippen LogP contribution < -0.4 is 5.32 Å². The molecular weight excluding hydrogens is 388 g/mol. The predicted octanol–water partition coefficient (Wildman–Crippen LogP) is 4.65. The van der Waals surface area contributed by atoms with Crippen LogP contribution in [0.5, 0.6) is 0 Å². The number of nitrogens with zero attached hydrogens (tertiary/aromatic N) is 3. The molecule has 0 spiro atoms. The summed E-state index contributed by atoms with van der Waals surface area (Å²) in [5, 5.41) is 8.21. The number of carbonyl (C=O) groups is 1. The first kappa shape index (κ1) is 19.2. The lowest BCUT2D eigenvalue weighted by Crippen LogP contribution is -2.29. The summed E-state index contributed by atoms with van der Waals surface area (Å²) < 4.78 is 6.85. The molecule has 1 aromatic heterocycles. The van der Waals surface area contributed by atoms with Crippen LogP contribution in [0, 0.1) is 0 Å². The normalized spacial score (nSPS) is 15.8. The van der Waals surface area contributed by atoms with Gasteiger partial charge in [-0.2, -0.15) is 10.1 Å². The van der Waals surface area contributed by atoms with Crippen molar-refractivity contribution < 1.29 is 9.53 Å². The lowest BCUT2D eigenvalue weighted by Gasteiger charge is -2.29. The third kappa shape index (κ3) is 3.51. The molecule has 0 saturated carbocycles. The number of esters is 1. The number of benzene rings is 2. The first-order valence-corrected chi connectivity index (χ1v) is 9.72. The van der Waals surface area contributed by atoms with Crippen molar-refractivity contribution in [3.05, 3.63) is 82.1 Å². The Morgan fingerprint density at radius 3 is 2.45 bits per heavy atom. The molecule has 1 aliphatic rings. The van der Waals surface area contributed by atoms with Gasteiger partial charge in [-0.05, 0) is 34.7 Å². The Labute approximate surface area is 174 Å². The Kier molecular flexibility index (Phi) is 5.11. The van der Waals surface area contributed by atoms with E-state index in [-0.39, 0.29) is 0 Å². The van der Waals surface area contributed by atoms with Crippen molar-refractivity contribution in [3.63, 3.8) is 0 Å². The largest absolute Gasteiger partial charge is 0.466 e. The van der Waals surface area contributed by atoms with Gasteiger partial charge in [0.1, 0.15) is 12.4 Å². The SMILES string of the molecule is COC(=O)C1=C(c2ccc(Cl)cc2)Nc2ncnn2[C@@H]1c1ccc(C(C)C)cc1. The molecule has 0 fully saturated rings. The van der Waals surface area contributed by atoms with Crippen molar-refractivity contribution in [1.82, 2.24) is 14.8 Å². The second kappa shape index (κ2) is 7.72. The number of nitrogens with one attached hydrogen (secondary N) is 1. The van der Waals surface area contributed by atoms with Crippen molar-refractivity contribution in [2.24, 2.45) is 0 Å². The average Bonchev–Trinajstić information content (AvgIpc) is 3.21. The topological polar surface area (TPSA) is 69.0 Å². The maximum atomic E-state index is 12.9. The van der Waals surface area contributed by atoms with Gasteiger partial charge in [0.05, 0.1) is 18.4 Å². The van der Waals surface area contributed by atoms with Gasteiger partial charge in [0.15, 0.2) is 0 Å². The van der Waals surface area contributed by atoms with Crippen LogP contribution in [-0.2, 0) is 9.53 Å². The van der Waals surface area contributed by atoms with Gasteiger partial charge in [-0.15, -0.1) is 0 Å². The van der Waals surface area contributed by atoms with E-state index < -0.39 is 12.0 Å². The fourth-order valence-corrected chi connectivity index (χ4v) is 3.63. The summed E-state index contributed by atoms with van der Waals surface area (Å²) in [4.78, 5) is 17.2. The van der Waals surface area contributed by atoms with E-state index in [1.807, 2.05) is 24.3 Å². The van der Waals surface area contributed by atoms with Crippen molar-refractivity contribution in [1.29, 1.82) is 0 Å². The molecule has 148 valence electrons. The van der Waals surface area contributed by atoms with Crippen LogP contribution in [0.25, 0.3) is 5.70 Å². The van der Waals surface area contributed by atoms with Gasteiger partial charge in [0, 0.05) is 5.02 Å². The minimum absolute atomic E-state index is 0.416. The molecule has 0 unspecified atom stereocenters. The van der Waals surface area contributed by atoms with Crippen molar-refractivity contribution in [3.8, 4) is 0 Å². The van der Waals surface area contributed by atoms with Crippen LogP contribution in [0.3, 0.4) is 0 Å². The zero-order chi connectivity index (χ0) is 20.5. The first-order valence-electron chi connectivity index (χ1n) is 9.34. The fourth-order valence-electron chi connectivity index (χ4n) is 3.51. The molecule has 2 aromatic carbocycles. The zero-order valence-corrected chi connectivity index (χ0v) is 17.1. The number of ether oxygens (including phenoxy) is 1. The van der Waals surface area contributed by atoms with Gasteiger partial charge >= 0.3 is 5.97 Å². The standard InChI is InChI=1S/C22H21ClN4O2/c1-13(2)14-4-6-16(7-5-14)20-18(21(28)29-3)19(15-8-10-17(23)11-9-15)26-22-24-12-25-27(20)22/h4-13,20H,1-3H3,(H,24,25,26)/t20-/m1/s1. The average molecular weight is 409 g/mol. The minimum atomic E-state index is -0.465. The molecule has 1 atom stereocenters. The molecule has 29 heavy (non-hydrogen) atoms. The molecule has 0 radical (unpaired) electrons. The number of carbonyl (C=O) groups excluding carboxylic acids is 1. The van der Waals surface area contributed by atoms with E-state index in [4.69, 9.17) is 16.3 Å². The summed E-state index contributed by atoms with van der Waals surface area (Å²) in [6, 6.07) is 15.0.